The van der Waals surface area contributed by atoms with Gasteiger partial charge in [0.1, 0.15) is 17.4 Å². The SMILES string of the molecule is CNCc1nc(COc2cccc(S(C)(=O)=O)c2)cs1. The van der Waals surface area contributed by atoms with Gasteiger partial charge in [-0.2, -0.15) is 0 Å². The van der Waals surface area contributed by atoms with Gasteiger partial charge in [-0.25, -0.2) is 13.4 Å². The second-order valence-electron chi connectivity index (χ2n) is 4.30. The quantitative estimate of drug-likeness (QED) is 0.881. The lowest BCUT2D eigenvalue weighted by Gasteiger charge is -2.05. The number of nitrogens with zero attached hydrogens (tertiary/aromatic N) is 1. The predicted molar refractivity (Wildman–Crippen MR) is 78.8 cm³/mol. The number of hydrogen-bond donors (Lipinski definition) is 1. The van der Waals surface area contributed by atoms with Crippen LogP contribution in [0.3, 0.4) is 0 Å². The van der Waals surface area contributed by atoms with Gasteiger partial charge >= 0.3 is 0 Å². The maximum Gasteiger partial charge on any atom is 0.175 e. The lowest BCUT2D eigenvalue weighted by molar-refractivity contribution is 0.301. The van der Waals surface area contributed by atoms with Crippen molar-refractivity contribution in [2.75, 3.05) is 13.3 Å². The highest BCUT2D eigenvalue weighted by atomic mass is 32.2. The van der Waals surface area contributed by atoms with E-state index in [9.17, 15) is 8.42 Å². The second kappa shape index (κ2) is 6.34. The zero-order valence-electron chi connectivity index (χ0n) is 11.3. The molecule has 0 saturated carbocycles. The van der Waals surface area contributed by atoms with Crippen LogP contribution in [0.4, 0.5) is 0 Å². The van der Waals surface area contributed by atoms with Crippen molar-refractivity contribution in [3.63, 3.8) is 0 Å². The molecule has 0 aliphatic rings. The first kappa shape index (κ1) is 15.0. The van der Waals surface area contributed by atoms with Gasteiger partial charge in [-0.1, -0.05) is 6.07 Å². The Hall–Kier alpha value is -1.44. The molecule has 1 aromatic heterocycles. The van der Waals surface area contributed by atoms with E-state index in [4.69, 9.17) is 4.74 Å². The molecule has 1 heterocycles. The minimum absolute atomic E-state index is 0.254. The van der Waals surface area contributed by atoms with Crippen LogP contribution in [0.5, 0.6) is 5.75 Å². The van der Waals surface area contributed by atoms with Crippen LogP contribution in [-0.4, -0.2) is 26.7 Å². The topological polar surface area (TPSA) is 68.3 Å². The van der Waals surface area contributed by atoms with E-state index in [0.717, 1.165) is 17.2 Å². The molecule has 1 N–H and O–H groups in total. The van der Waals surface area contributed by atoms with E-state index in [1.807, 2.05) is 12.4 Å². The molecule has 0 bridgehead atoms. The van der Waals surface area contributed by atoms with Crippen LogP contribution < -0.4 is 10.1 Å². The summed E-state index contributed by atoms with van der Waals surface area (Å²) in [5, 5.41) is 5.97. The van der Waals surface area contributed by atoms with Gasteiger partial charge < -0.3 is 10.1 Å². The highest BCUT2D eigenvalue weighted by molar-refractivity contribution is 7.90. The number of hydrogen-bond acceptors (Lipinski definition) is 6. The molecule has 2 rings (SSSR count). The Morgan fingerprint density at radius 1 is 1.40 bits per heavy atom. The fourth-order valence-corrected chi connectivity index (χ4v) is 3.05. The molecule has 0 amide bonds. The summed E-state index contributed by atoms with van der Waals surface area (Å²) >= 11 is 1.57. The highest BCUT2D eigenvalue weighted by Gasteiger charge is 2.08. The molecular weight excluding hydrogens is 296 g/mol. The normalized spacial score (nSPS) is 11.5. The van der Waals surface area contributed by atoms with Crippen molar-refractivity contribution in [2.24, 2.45) is 0 Å². The van der Waals surface area contributed by atoms with Crippen LogP contribution in [0.15, 0.2) is 34.5 Å². The number of aromatic nitrogens is 1. The maximum atomic E-state index is 11.5. The molecule has 1 aromatic carbocycles. The van der Waals surface area contributed by atoms with Crippen molar-refractivity contribution in [3.8, 4) is 5.75 Å². The average molecular weight is 312 g/mol. The van der Waals surface area contributed by atoms with Gasteiger partial charge in [-0.15, -0.1) is 11.3 Å². The van der Waals surface area contributed by atoms with E-state index in [-0.39, 0.29) is 4.90 Å². The summed E-state index contributed by atoms with van der Waals surface area (Å²) < 4.78 is 28.5. The molecule has 0 unspecified atom stereocenters. The predicted octanol–water partition coefficient (Wildman–Crippen LogP) is 1.85. The maximum absolute atomic E-state index is 11.5. The number of sulfone groups is 1. The summed E-state index contributed by atoms with van der Waals surface area (Å²) in [6, 6.07) is 6.47. The van der Waals surface area contributed by atoms with E-state index in [0.29, 0.717) is 12.4 Å². The van der Waals surface area contributed by atoms with E-state index >= 15 is 0 Å². The van der Waals surface area contributed by atoms with E-state index in [2.05, 4.69) is 10.3 Å². The average Bonchev–Trinajstić information content (AvgIpc) is 2.84. The summed E-state index contributed by atoms with van der Waals surface area (Å²) in [5.41, 5.74) is 0.838. The molecule has 2 aromatic rings. The second-order valence-corrected chi connectivity index (χ2v) is 7.26. The lowest BCUT2D eigenvalue weighted by atomic mass is 10.3. The Morgan fingerprint density at radius 3 is 2.90 bits per heavy atom. The Kier molecular flexibility index (Phi) is 4.74. The Bertz CT molecular complexity index is 680. The summed E-state index contributed by atoms with van der Waals surface area (Å²) in [6.07, 6.45) is 1.18. The van der Waals surface area contributed by atoms with Gasteiger partial charge in [0.25, 0.3) is 0 Å². The molecule has 0 atom stereocenters. The van der Waals surface area contributed by atoms with Gasteiger partial charge in [0.05, 0.1) is 10.6 Å². The van der Waals surface area contributed by atoms with Crippen molar-refractivity contribution < 1.29 is 13.2 Å². The smallest absolute Gasteiger partial charge is 0.175 e. The summed E-state index contributed by atoms with van der Waals surface area (Å²) in [4.78, 5) is 4.65. The van der Waals surface area contributed by atoms with Crippen LogP contribution in [0.1, 0.15) is 10.7 Å². The molecule has 20 heavy (non-hydrogen) atoms. The molecule has 0 saturated heterocycles. The lowest BCUT2D eigenvalue weighted by Crippen LogP contribution is -2.05. The molecule has 5 nitrogen and oxygen atoms in total. The first-order chi connectivity index (χ1) is 9.49. The Labute approximate surface area is 122 Å². The third-order valence-electron chi connectivity index (χ3n) is 2.55. The Balaban J connectivity index is 2.03. The van der Waals surface area contributed by atoms with E-state index in [1.54, 1.807) is 29.5 Å². The van der Waals surface area contributed by atoms with Crippen LogP contribution in [0.2, 0.25) is 0 Å². The molecule has 0 aliphatic heterocycles. The van der Waals surface area contributed by atoms with Crippen molar-refractivity contribution >= 4 is 21.2 Å². The summed E-state index contributed by atoms with van der Waals surface area (Å²) in [6.45, 7) is 1.06. The van der Waals surface area contributed by atoms with E-state index in [1.165, 1.54) is 12.3 Å². The third kappa shape index (κ3) is 4.03. The number of thiazole rings is 1. The molecule has 0 aliphatic carbocycles. The van der Waals surface area contributed by atoms with Gasteiger partial charge in [0, 0.05) is 18.2 Å². The van der Waals surface area contributed by atoms with Crippen molar-refractivity contribution in [2.45, 2.75) is 18.0 Å². The molecule has 0 spiro atoms. The number of rotatable bonds is 6. The fourth-order valence-electron chi connectivity index (χ4n) is 1.60. The number of benzene rings is 1. The minimum atomic E-state index is -3.21. The van der Waals surface area contributed by atoms with Gasteiger partial charge in [-0.05, 0) is 25.2 Å². The zero-order valence-corrected chi connectivity index (χ0v) is 12.9. The first-order valence-corrected chi connectivity index (χ1v) is 8.77. The number of ether oxygens (including phenoxy) is 1. The van der Waals surface area contributed by atoms with Gasteiger partial charge in [0.2, 0.25) is 0 Å². The van der Waals surface area contributed by atoms with Crippen molar-refractivity contribution in [3.05, 3.63) is 40.3 Å². The highest BCUT2D eigenvalue weighted by Crippen LogP contribution is 2.19. The Morgan fingerprint density at radius 2 is 2.20 bits per heavy atom. The molecule has 7 heteroatoms. The molecule has 0 fully saturated rings. The van der Waals surface area contributed by atoms with Gasteiger partial charge in [-0.3, -0.25) is 0 Å². The minimum Gasteiger partial charge on any atom is -0.487 e. The third-order valence-corrected chi connectivity index (χ3v) is 4.56. The zero-order chi connectivity index (χ0) is 14.6. The number of nitrogens with one attached hydrogen (secondary N) is 1. The molecule has 0 radical (unpaired) electrons. The van der Waals surface area contributed by atoms with Gasteiger partial charge in [0.15, 0.2) is 9.84 Å². The molecule has 108 valence electrons. The van der Waals surface area contributed by atoms with Crippen molar-refractivity contribution in [1.29, 1.82) is 0 Å². The first-order valence-electron chi connectivity index (χ1n) is 6.00. The monoisotopic (exact) mass is 312 g/mol. The van der Waals surface area contributed by atoms with Crippen LogP contribution in [-0.2, 0) is 23.0 Å². The van der Waals surface area contributed by atoms with E-state index < -0.39 is 9.84 Å². The standard InChI is InChI=1S/C13H16N2O3S2/c1-14-7-13-15-10(9-19-13)8-18-11-4-3-5-12(6-11)20(2,16)17/h3-6,9,14H,7-8H2,1-2H3. The summed E-state index contributed by atoms with van der Waals surface area (Å²) in [7, 11) is -1.34. The van der Waals surface area contributed by atoms with Crippen molar-refractivity contribution in [1.82, 2.24) is 10.3 Å². The van der Waals surface area contributed by atoms with Crippen LogP contribution in [0.25, 0.3) is 0 Å². The fraction of sp³-hybridized carbons (Fsp3) is 0.308. The molecular formula is C13H16N2O3S2. The summed E-state index contributed by atoms with van der Waals surface area (Å²) in [5.74, 6) is 0.524. The van der Waals surface area contributed by atoms with Crippen LogP contribution in [0, 0.1) is 0 Å². The van der Waals surface area contributed by atoms with Crippen LogP contribution >= 0.6 is 11.3 Å². The largest absolute Gasteiger partial charge is 0.487 e.